The number of nitrogens with one attached hydrogen (secondary N) is 1. The van der Waals surface area contributed by atoms with Crippen LogP contribution >= 0.6 is 0 Å². The third-order valence-corrected chi connectivity index (χ3v) is 6.78. The number of aliphatic hydroxyl groups is 1. The van der Waals surface area contributed by atoms with Crippen LogP contribution in [0.1, 0.15) is 35.1 Å². The molecular formula is C28H32N2O2. The topological polar surface area (TPSA) is 44.7 Å². The Morgan fingerprint density at radius 3 is 2.44 bits per heavy atom. The smallest absolute Gasteiger partial charge is 0.123 e. The van der Waals surface area contributed by atoms with Gasteiger partial charge in [-0.1, -0.05) is 72.8 Å². The van der Waals surface area contributed by atoms with E-state index in [9.17, 15) is 5.11 Å². The molecule has 0 spiro atoms. The van der Waals surface area contributed by atoms with Crippen molar-refractivity contribution in [2.45, 2.75) is 44.0 Å². The van der Waals surface area contributed by atoms with Gasteiger partial charge in [0.15, 0.2) is 0 Å². The normalized spacial score (nSPS) is 18.0. The van der Waals surface area contributed by atoms with Gasteiger partial charge in [0.2, 0.25) is 0 Å². The van der Waals surface area contributed by atoms with Gasteiger partial charge >= 0.3 is 0 Å². The van der Waals surface area contributed by atoms with Gasteiger partial charge in [-0.05, 0) is 42.0 Å². The highest BCUT2D eigenvalue weighted by Gasteiger charge is 2.43. The van der Waals surface area contributed by atoms with Crippen molar-refractivity contribution in [2.75, 3.05) is 19.7 Å². The van der Waals surface area contributed by atoms with Gasteiger partial charge < -0.3 is 15.2 Å². The maximum Gasteiger partial charge on any atom is 0.123 e. The molecule has 1 atom stereocenters. The van der Waals surface area contributed by atoms with E-state index in [1.165, 1.54) is 16.7 Å². The number of ether oxygens (including phenoxy) is 1. The fourth-order valence-electron chi connectivity index (χ4n) is 4.75. The third kappa shape index (κ3) is 4.88. The van der Waals surface area contributed by atoms with Crippen molar-refractivity contribution in [1.82, 2.24) is 10.2 Å². The molecule has 0 unspecified atom stereocenters. The number of rotatable bonds is 9. The SMILES string of the molecule is O[C@H](COc1ccccc1CNC1(c2ccccc2)CC1)CN1CCc2ccccc2C1. The molecule has 2 N–H and O–H groups in total. The Hall–Kier alpha value is -2.66. The minimum absolute atomic E-state index is 0.0957. The first-order valence-electron chi connectivity index (χ1n) is 11.7. The van der Waals surface area contributed by atoms with Crippen LogP contribution in [0.15, 0.2) is 78.9 Å². The summed E-state index contributed by atoms with van der Waals surface area (Å²) < 4.78 is 6.08. The quantitative estimate of drug-likeness (QED) is 0.534. The van der Waals surface area contributed by atoms with Crippen LogP contribution in [0, 0.1) is 0 Å². The molecule has 0 aromatic heterocycles. The van der Waals surface area contributed by atoms with Crippen LogP contribution in [0.5, 0.6) is 5.75 Å². The van der Waals surface area contributed by atoms with Gasteiger partial charge in [-0.15, -0.1) is 0 Å². The van der Waals surface area contributed by atoms with Gasteiger partial charge in [-0.3, -0.25) is 4.90 Å². The van der Waals surface area contributed by atoms with E-state index in [0.29, 0.717) is 13.2 Å². The standard InChI is InChI=1S/C28H32N2O2/c31-26(20-30-17-14-22-8-4-5-10-24(22)19-30)21-32-27-13-7-6-9-23(27)18-29-28(15-16-28)25-11-2-1-3-12-25/h1-13,26,29,31H,14-21H2/t26-/m0/s1. The highest BCUT2D eigenvalue weighted by molar-refractivity contribution is 5.35. The molecule has 1 fully saturated rings. The molecule has 1 aliphatic carbocycles. The Bertz CT molecular complexity index is 1030. The largest absolute Gasteiger partial charge is 0.491 e. The van der Waals surface area contributed by atoms with Crippen molar-refractivity contribution >= 4 is 0 Å². The van der Waals surface area contributed by atoms with E-state index < -0.39 is 6.10 Å². The van der Waals surface area contributed by atoms with E-state index in [0.717, 1.165) is 50.2 Å². The molecule has 166 valence electrons. The minimum Gasteiger partial charge on any atom is -0.491 e. The van der Waals surface area contributed by atoms with Crippen LogP contribution in [-0.4, -0.2) is 35.8 Å². The van der Waals surface area contributed by atoms with Crippen molar-refractivity contribution in [3.8, 4) is 5.75 Å². The molecule has 1 saturated carbocycles. The fraction of sp³-hybridized carbons (Fsp3) is 0.357. The summed E-state index contributed by atoms with van der Waals surface area (Å²) in [7, 11) is 0. The van der Waals surface area contributed by atoms with E-state index in [4.69, 9.17) is 4.74 Å². The number of para-hydroxylation sites is 1. The van der Waals surface area contributed by atoms with E-state index in [2.05, 4.69) is 70.9 Å². The van der Waals surface area contributed by atoms with Crippen LogP contribution in [0.2, 0.25) is 0 Å². The number of benzene rings is 3. The monoisotopic (exact) mass is 428 g/mol. The lowest BCUT2D eigenvalue weighted by atomic mass is 10.00. The average molecular weight is 429 g/mol. The molecule has 0 bridgehead atoms. The Balaban J connectivity index is 1.15. The molecule has 4 nitrogen and oxygen atoms in total. The summed E-state index contributed by atoms with van der Waals surface area (Å²) in [4.78, 5) is 2.32. The van der Waals surface area contributed by atoms with E-state index >= 15 is 0 Å². The summed E-state index contributed by atoms with van der Waals surface area (Å²) in [5.74, 6) is 0.854. The van der Waals surface area contributed by atoms with Gasteiger partial charge in [-0.2, -0.15) is 0 Å². The van der Waals surface area contributed by atoms with Crippen LogP contribution in [-0.2, 0) is 25.0 Å². The Kier molecular flexibility index (Phi) is 6.26. The van der Waals surface area contributed by atoms with Crippen molar-refractivity contribution < 1.29 is 9.84 Å². The maximum absolute atomic E-state index is 10.6. The third-order valence-electron chi connectivity index (χ3n) is 6.78. The van der Waals surface area contributed by atoms with Gasteiger partial charge in [0.05, 0.1) is 0 Å². The molecule has 2 aliphatic rings. The lowest BCUT2D eigenvalue weighted by molar-refractivity contribution is 0.0634. The van der Waals surface area contributed by atoms with Crippen LogP contribution in [0.3, 0.4) is 0 Å². The summed E-state index contributed by atoms with van der Waals surface area (Å²) in [5.41, 5.74) is 5.39. The number of nitrogens with zero attached hydrogens (tertiary/aromatic N) is 1. The Labute approximate surface area is 190 Å². The molecule has 5 rings (SSSR count). The molecule has 0 amide bonds. The summed E-state index contributed by atoms with van der Waals surface area (Å²) in [6, 6.07) is 27.4. The lowest BCUT2D eigenvalue weighted by Crippen LogP contribution is -2.38. The number of fused-ring (bicyclic) bond motifs is 1. The Morgan fingerprint density at radius 2 is 1.62 bits per heavy atom. The number of hydrogen-bond donors (Lipinski definition) is 2. The zero-order valence-corrected chi connectivity index (χ0v) is 18.5. The first kappa shape index (κ1) is 21.2. The van der Waals surface area contributed by atoms with Crippen molar-refractivity contribution in [1.29, 1.82) is 0 Å². The highest BCUT2D eigenvalue weighted by Crippen LogP contribution is 2.45. The van der Waals surface area contributed by atoms with Gasteiger partial charge in [0.1, 0.15) is 18.5 Å². The zero-order valence-electron chi connectivity index (χ0n) is 18.5. The summed E-state index contributed by atoms with van der Waals surface area (Å²) >= 11 is 0. The molecule has 1 heterocycles. The highest BCUT2D eigenvalue weighted by atomic mass is 16.5. The summed E-state index contributed by atoms with van der Waals surface area (Å²) in [5, 5.41) is 14.4. The number of aliphatic hydroxyl groups excluding tert-OH is 1. The molecule has 4 heteroatoms. The van der Waals surface area contributed by atoms with Crippen LogP contribution in [0.4, 0.5) is 0 Å². The van der Waals surface area contributed by atoms with Crippen molar-refractivity contribution in [2.24, 2.45) is 0 Å². The lowest BCUT2D eigenvalue weighted by Gasteiger charge is -2.30. The first-order chi connectivity index (χ1) is 15.7. The molecule has 3 aromatic carbocycles. The zero-order chi connectivity index (χ0) is 21.8. The van der Waals surface area contributed by atoms with Crippen molar-refractivity contribution in [3.63, 3.8) is 0 Å². The van der Waals surface area contributed by atoms with Gasteiger partial charge in [0, 0.05) is 37.3 Å². The average Bonchev–Trinajstić information content (AvgIpc) is 3.64. The predicted molar refractivity (Wildman–Crippen MR) is 128 cm³/mol. The maximum atomic E-state index is 10.6. The Morgan fingerprint density at radius 1 is 0.906 bits per heavy atom. The number of β-amino-alcohol motifs (C(OH)–C–C–N with tert-alkyl or cyclic N) is 1. The summed E-state index contributed by atoms with van der Waals surface area (Å²) in [6.45, 7) is 3.57. The van der Waals surface area contributed by atoms with E-state index in [-0.39, 0.29) is 5.54 Å². The molecule has 32 heavy (non-hydrogen) atoms. The van der Waals surface area contributed by atoms with Crippen LogP contribution < -0.4 is 10.1 Å². The van der Waals surface area contributed by atoms with Crippen LogP contribution in [0.25, 0.3) is 0 Å². The van der Waals surface area contributed by atoms with E-state index in [1.54, 1.807) is 0 Å². The molecule has 0 saturated heterocycles. The second-order valence-corrected chi connectivity index (χ2v) is 9.13. The molecular weight excluding hydrogens is 396 g/mol. The summed E-state index contributed by atoms with van der Waals surface area (Å²) in [6.07, 6.45) is 2.86. The molecule has 0 radical (unpaired) electrons. The second-order valence-electron chi connectivity index (χ2n) is 9.13. The molecule has 1 aliphatic heterocycles. The first-order valence-corrected chi connectivity index (χ1v) is 11.7. The van der Waals surface area contributed by atoms with E-state index in [1.807, 2.05) is 18.2 Å². The number of hydrogen-bond acceptors (Lipinski definition) is 4. The van der Waals surface area contributed by atoms with Crippen molar-refractivity contribution in [3.05, 3.63) is 101 Å². The second kappa shape index (κ2) is 9.45. The fourth-order valence-corrected chi connectivity index (χ4v) is 4.75. The van der Waals surface area contributed by atoms with Gasteiger partial charge in [-0.25, -0.2) is 0 Å². The minimum atomic E-state index is -0.514. The van der Waals surface area contributed by atoms with Gasteiger partial charge in [0.25, 0.3) is 0 Å². The predicted octanol–water partition coefficient (Wildman–Crippen LogP) is 4.26. The molecule has 3 aromatic rings.